The second kappa shape index (κ2) is 6.23. The molecular weight excluding hydrogens is 274 g/mol. The van der Waals surface area contributed by atoms with E-state index in [0.29, 0.717) is 11.7 Å². The standard InChI is InChI=1S/C10H16BrN3S/c1-3-8(6-15-2)14-10-9(12)4-7(11)5-13-10/h4-5,8H,3,6,12H2,1-2H3,(H,13,14). The molecule has 1 aromatic rings. The van der Waals surface area contributed by atoms with Gasteiger partial charge in [0.2, 0.25) is 0 Å². The van der Waals surface area contributed by atoms with Gasteiger partial charge in [-0.05, 0) is 34.7 Å². The first-order chi connectivity index (χ1) is 7.17. The molecule has 3 N–H and O–H groups in total. The molecule has 3 nitrogen and oxygen atoms in total. The molecule has 0 aliphatic heterocycles. The number of hydrogen-bond donors (Lipinski definition) is 2. The Bertz CT molecular complexity index is 320. The summed E-state index contributed by atoms with van der Waals surface area (Å²) in [5, 5.41) is 3.35. The molecule has 0 saturated heterocycles. The molecule has 0 fully saturated rings. The Hall–Kier alpha value is -0.420. The van der Waals surface area contributed by atoms with Gasteiger partial charge in [-0.3, -0.25) is 0 Å². The van der Waals surface area contributed by atoms with Crippen molar-refractivity contribution in [1.29, 1.82) is 0 Å². The van der Waals surface area contributed by atoms with Crippen LogP contribution in [0.2, 0.25) is 0 Å². The monoisotopic (exact) mass is 289 g/mol. The van der Waals surface area contributed by atoms with Gasteiger partial charge < -0.3 is 11.1 Å². The van der Waals surface area contributed by atoms with Crippen LogP contribution in [0.25, 0.3) is 0 Å². The number of rotatable bonds is 5. The maximum absolute atomic E-state index is 5.86. The number of nitrogens with one attached hydrogen (secondary N) is 1. The van der Waals surface area contributed by atoms with Crippen LogP contribution in [-0.2, 0) is 0 Å². The van der Waals surface area contributed by atoms with E-state index in [9.17, 15) is 0 Å². The highest BCUT2D eigenvalue weighted by Crippen LogP contribution is 2.21. The van der Waals surface area contributed by atoms with Gasteiger partial charge in [0, 0.05) is 22.5 Å². The van der Waals surface area contributed by atoms with Crippen LogP contribution in [-0.4, -0.2) is 23.0 Å². The minimum absolute atomic E-state index is 0.427. The lowest BCUT2D eigenvalue weighted by molar-refractivity contribution is 0.770. The van der Waals surface area contributed by atoms with Crippen molar-refractivity contribution in [2.24, 2.45) is 0 Å². The van der Waals surface area contributed by atoms with E-state index < -0.39 is 0 Å². The topological polar surface area (TPSA) is 50.9 Å². The number of thioether (sulfide) groups is 1. The molecule has 1 rings (SSSR count). The number of aromatic nitrogens is 1. The van der Waals surface area contributed by atoms with Gasteiger partial charge >= 0.3 is 0 Å². The molecule has 0 aliphatic rings. The smallest absolute Gasteiger partial charge is 0.149 e. The Kier molecular flexibility index (Phi) is 5.25. The maximum Gasteiger partial charge on any atom is 0.149 e. The number of nitrogens with two attached hydrogens (primary N) is 1. The molecule has 0 amide bonds. The molecule has 0 radical (unpaired) electrons. The number of nitrogens with zero attached hydrogens (tertiary/aromatic N) is 1. The van der Waals surface area contributed by atoms with Crippen molar-refractivity contribution in [3.05, 3.63) is 16.7 Å². The van der Waals surface area contributed by atoms with Gasteiger partial charge in [0.05, 0.1) is 5.69 Å². The second-order valence-corrected chi connectivity index (χ2v) is 5.12. The zero-order chi connectivity index (χ0) is 11.3. The van der Waals surface area contributed by atoms with Crippen molar-refractivity contribution >= 4 is 39.2 Å². The van der Waals surface area contributed by atoms with E-state index in [4.69, 9.17) is 5.73 Å². The Morgan fingerprint density at radius 2 is 2.40 bits per heavy atom. The highest BCUT2D eigenvalue weighted by molar-refractivity contribution is 9.10. The number of hydrogen-bond acceptors (Lipinski definition) is 4. The molecular formula is C10H16BrN3S. The van der Waals surface area contributed by atoms with Gasteiger partial charge in [0.15, 0.2) is 0 Å². The van der Waals surface area contributed by atoms with Crippen molar-refractivity contribution in [3.8, 4) is 0 Å². The van der Waals surface area contributed by atoms with Crippen LogP contribution in [0, 0.1) is 0 Å². The van der Waals surface area contributed by atoms with Crippen LogP contribution in [0.1, 0.15) is 13.3 Å². The average Bonchev–Trinajstić information content (AvgIpc) is 2.21. The highest BCUT2D eigenvalue weighted by atomic mass is 79.9. The lowest BCUT2D eigenvalue weighted by Gasteiger charge is -2.17. The van der Waals surface area contributed by atoms with Gasteiger partial charge in [-0.1, -0.05) is 6.92 Å². The third kappa shape index (κ3) is 3.91. The zero-order valence-electron chi connectivity index (χ0n) is 8.96. The van der Waals surface area contributed by atoms with Crippen LogP contribution in [0.15, 0.2) is 16.7 Å². The molecule has 1 atom stereocenters. The Morgan fingerprint density at radius 1 is 1.67 bits per heavy atom. The van der Waals surface area contributed by atoms with E-state index in [2.05, 4.69) is 39.4 Å². The summed E-state index contributed by atoms with van der Waals surface area (Å²) in [4.78, 5) is 4.26. The van der Waals surface area contributed by atoms with Crippen molar-refractivity contribution in [2.45, 2.75) is 19.4 Å². The molecule has 0 aromatic carbocycles. The summed E-state index contributed by atoms with van der Waals surface area (Å²) in [7, 11) is 0. The van der Waals surface area contributed by atoms with Gasteiger partial charge in [-0.2, -0.15) is 11.8 Å². The molecule has 1 heterocycles. The number of pyridine rings is 1. The van der Waals surface area contributed by atoms with Gasteiger partial charge in [-0.15, -0.1) is 0 Å². The molecule has 0 saturated carbocycles. The van der Waals surface area contributed by atoms with E-state index in [1.54, 1.807) is 6.20 Å². The lowest BCUT2D eigenvalue weighted by atomic mass is 10.2. The van der Waals surface area contributed by atoms with E-state index >= 15 is 0 Å². The molecule has 0 spiro atoms. The Morgan fingerprint density at radius 3 is 2.93 bits per heavy atom. The second-order valence-electron chi connectivity index (χ2n) is 3.30. The maximum atomic E-state index is 5.86. The van der Waals surface area contributed by atoms with Crippen LogP contribution in [0.4, 0.5) is 11.5 Å². The number of anilines is 2. The summed E-state index contributed by atoms with van der Waals surface area (Å²) in [6.07, 6.45) is 4.92. The molecule has 0 bridgehead atoms. The van der Waals surface area contributed by atoms with Crippen LogP contribution >= 0.6 is 27.7 Å². The first-order valence-electron chi connectivity index (χ1n) is 4.83. The van der Waals surface area contributed by atoms with E-state index in [0.717, 1.165) is 22.5 Å². The first-order valence-corrected chi connectivity index (χ1v) is 7.02. The van der Waals surface area contributed by atoms with Crippen molar-refractivity contribution in [3.63, 3.8) is 0 Å². The predicted octanol–water partition coefficient (Wildman–Crippen LogP) is 2.98. The van der Waals surface area contributed by atoms with Crippen molar-refractivity contribution < 1.29 is 0 Å². The quantitative estimate of drug-likeness (QED) is 0.875. The summed E-state index contributed by atoms with van der Waals surface area (Å²) >= 11 is 5.16. The summed E-state index contributed by atoms with van der Waals surface area (Å²) in [5.74, 6) is 1.84. The zero-order valence-corrected chi connectivity index (χ0v) is 11.4. The van der Waals surface area contributed by atoms with Crippen molar-refractivity contribution in [1.82, 2.24) is 4.98 Å². The fourth-order valence-corrected chi connectivity index (χ4v) is 2.30. The van der Waals surface area contributed by atoms with Crippen molar-refractivity contribution in [2.75, 3.05) is 23.1 Å². The summed E-state index contributed by atoms with van der Waals surface area (Å²) in [6, 6.07) is 2.29. The van der Waals surface area contributed by atoms with Gasteiger partial charge in [-0.25, -0.2) is 4.98 Å². The van der Waals surface area contributed by atoms with Gasteiger partial charge in [0.1, 0.15) is 5.82 Å². The molecule has 1 unspecified atom stereocenters. The van der Waals surface area contributed by atoms with E-state index in [-0.39, 0.29) is 0 Å². The minimum Gasteiger partial charge on any atom is -0.396 e. The van der Waals surface area contributed by atoms with E-state index in [1.807, 2.05) is 17.8 Å². The summed E-state index contributed by atoms with van der Waals surface area (Å²) in [6.45, 7) is 2.16. The fourth-order valence-electron chi connectivity index (χ4n) is 1.23. The average molecular weight is 290 g/mol. The molecule has 0 aliphatic carbocycles. The SMILES string of the molecule is CCC(CSC)Nc1ncc(Br)cc1N. The highest BCUT2D eigenvalue weighted by Gasteiger charge is 2.08. The van der Waals surface area contributed by atoms with Crippen LogP contribution in [0.5, 0.6) is 0 Å². The first kappa shape index (κ1) is 12.6. The summed E-state index contributed by atoms with van der Waals surface area (Å²) in [5.41, 5.74) is 6.54. The summed E-state index contributed by atoms with van der Waals surface area (Å²) < 4.78 is 0.906. The molecule has 1 aromatic heterocycles. The number of nitrogen functional groups attached to an aromatic ring is 1. The molecule has 5 heteroatoms. The molecule has 84 valence electrons. The van der Waals surface area contributed by atoms with Crippen LogP contribution < -0.4 is 11.1 Å². The van der Waals surface area contributed by atoms with Crippen LogP contribution in [0.3, 0.4) is 0 Å². The third-order valence-electron chi connectivity index (χ3n) is 2.09. The molecule has 15 heavy (non-hydrogen) atoms. The predicted molar refractivity (Wildman–Crippen MR) is 72.4 cm³/mol. The Labute approximate surface area is 103 Å². The van der Waals surface area contributed by atoms with Gasteiger partial charge in [0.25, 0.3) is 0 Å². The largest absolute Gasteiger partial charge is 0.396 e. The normalized spacial score (nSPS) is 12.5. The number of halogens is 1. The van der Waals surface area contributed by atoms with E-state index in [1.165, 1.54) is 0 Å². The Balaban J connectivity index is 2.70. The minimum atomic E-state index is 0.427. The third-order valence-corrected chi connectivity index (χ3v) is 3.25. The lowest BCUT2D eigenvalue weighted by Crippen LogP contribution is -2.22. The fraction of sp³-hybridized carbons (Fsp3) is 0.500.